The van der Waals surface area contributed by atoms with Gasteiger partial charge < -0.3 is 5.73 Å². The predicted molar refractivity (Wildman–Crippen MR) is 64.7 cm³/mol. The van der Waals surface area contributed by atoms with Crippen LogP contribution in [0.1, 0.15) is 12.0 Å². The molecule has 2 atom stereocenters. The predicted octanol–water partition coefficient (Wildman–Crippen LogP) is 0.786. The molecule has 3 rings (SSSR count). The molecule has 1 saturated carbocycles. The summed E-state index contributed by atoms with van der Waals surface area (Å²) in [5, 5.41) is 0. The van der Waals surface area contributed by atoms with Crippen LogP contribution in [0.3, 0.4) is 0 Å². The number of nitrogens with zero attached hydrogens (tertiary/aromatic N) is 1. The third-order valence-corrected chi connectivity index (χ3v) is 5.59. The van der Waals surface area contributed by atoms with Gasteiger partial charge in [0.05, 0.1) is 4.90 Å². The van der Waals surface area contributed by atoms with Crippen molar-refractivity contribution >= 4 is 10.0 Å². The van der Waals surface area contributed by atoms with Crippen LogP contribution in [-0.4, -0.2) is 25.8 Å². The number of hydrogen-bond acceptors (Lipinski definition) is 3. The highest BCUT2D eigenvalue weighted by molar-refractivity contribution is 7.89. The van der Waals surface area contributed by atoms with E-state index >= 15 is 0 Å². The lowest BCUT2D eigenvalue weighted by atomic mass is 10.2. The van der Waals surface area contributed by atoms with Gasteiger partial charge in [0.2, 0.25) is 10.0 Å². The van der Waals surface area contributed by atoms with Crippen molar-refractivity contribution in [3.63, 3.8) is 0 Å². The summed E-state index contributed by atoms with van der Waals surface area (Å²) in [5.41, 5.74) is 6.45. The lowest BCUT2D eigenvalue weighted by molar-refractivity contribution is 0.443. The molecule has 0 radical (unpaired) electrons. The maximum Gasteiger partial charge on any atom is 0.243 e. The van der Waals surface area contributed by atoms with Crippen molar-refractivity contribution in [2.75, 3.05) is 13.1 Å². The Bertz CT molecular complexity index is 514. The first-order valence-corrected chi connectivity index (χ1v) is 7.34. The highest BCUT2D eigenvalue weighted by atomic mass is 32.2. The van der Waals surface area contributed by atoms with Gasteiger partial charge >= 0.3 is 0 Å². The molecule has 1 aliphatic carbocycles. The molecule has 2 fully saturated rings. The molecule has 4 nitrogen and oxygen atoms in total. The lowest BCUT2D eigenvalue weighted by Crippen LogP contribution is -2.30. The van der Waals surface area contributed by atoms with Crippen LogP contribution in [0.4, 0.5) is 0 Å². The molecule has 0 bridgehead atoms. The van der Waals surface area contributed by atoms with Crippen LogP contribution in [0.15, 0.2) is 29.2 Å². The number of piperidine rings is 1. The first-order chi connectivity index (χ1) is 8.11. The summed E-state index contributed by atoms with van der Waals surface area (Å²) < 4.78 is 26.2. The molecule has 2 unspecified atom stereocenters. The monoisotopic (exact) mass is 252 g/mol. The van der Waals surface area contributed by atoms with Crippen LogP contribution in [0.2, 0.25) is 0 Å². The van der Waals surface area contributed by atoms with E-state index in [4.69, 9.17) is 5.73 Å². The molecule has 1 aromatic carbocycles. The molecule has 0 aromatic heterocycles. The van der Waals surface area contributed by atoms with Gasteiger partial charge in [-0.3, -0.25) is 0 Å². The van der Waals surface area contributed by atoms with Gasteiger partial charge in [-0.2, -0.15) is 4.31 Å². The molecule has 0 amide bonds. The molecule has 1 heterocycles. The number of benzene rings is 1. The summed E-state index contributed by atoms with van der Waals surface area (Å²) in [6.45, 7) is 1.84. The zero-order valence-electron chi connectivity index (χ0n) is 9.54. The van der Waals surface area contributed by atoms with E-state index in [0.717, 1.165) is 5.56 Å². The fourth-order valence-corrected chi connectivity index (χ4v) is 4.05. The van der Waals surface area contributed by atoms with Crippen molar-refractivity contribution in [3.05, 3.63) is 29.8 Å². The quantitative estimate of drug-likeness (QED) is 0.865. The Morgan fingerprint density at radius 1 is 1.18 bits per heavy atom. The molecular formula is C12H16N2O2S. The van der Waals surface area contributed by atoms with Gasteiger partial charge in [-0.05, 0) is 36.0 Å². The molecule has 17 heavy (non-hydrogen) atoms. The van der Waals surface area contributed by atoms with E-state index in [1.54, 1.807) is 28.6 Å². The molecule has 2 N–H and O–H groups in total. The van der Waals surface area contributed by atoms with Gasteiger partial charge in [0.1, 0.15) is 0 Å². The standard InChI is InChI=1S/C12H16N2O2S/c13-6-9-1-3-12(4-2-9)17(15,16)14-7-10-5-11(10)8-14/h1-4,10-11H,5-8,13H2. The fraction of sp³-hybridized carbons (Fsp3) is 0.500. The normalized spacial score (nSPS) is 28.1. The summed E-state index contributed by atoms with van der Waals surface area (Å²) in [4.78, 5) is 0.385. The van der Waals surface area contributed by atoms with E-state index in [2.05, 4.69) is 0 Å². The van der Waals surface area contributed by atoms with Gasteiger partial charge in [0, 0.05) is 19.6 Å². The Labute approximate surface area is 101 Å². The number of rotatable bonds is 3. The minimum absolute atomic E-state index is 0.385. The topological polar surface area (TPSA) is 63.4 Å². The van der Waals surface area contributed by atoms with Gasteiger partial charge in [-0.25, -0.2) is 8.42 Å². The lowest BCUT2D eigenvalue weighted by Gasteiger charge is -2.17. The maximum atomic E-state index is 12.3. The number of fused-ring (bicyclic) bond motifs is 1. The first-order valence-electron chi connectivity index (χ1n) is 5.90. The Kier molecular flexibility index (Phi) is 2.50. The third kappa shape index (κ3) is 1.88. The molecule has 1 aliphatic heterocycles. The average Bonchev–Trinajstić information content (AvgIpc) is 2.96. The fourth-order valence-electron chi connectivity index (χ4n) is 2.50. The molecule has 1 saturated heterocycles. The first kappa shape index (κ1) is 11.2. The Hall–Kier alpha value is -0.910. The van der Waals surface area contributed by atoms with Crippen LogP contribution in [0.5, 0.6) is 0 Å². The van der Waals surface area contributed by atoms with E-state index in [9.17, 15) is 8.42 Å². The molecule has 2 aliphatic rings. The largest absolute Gasteiger partial charge is 0.326 e. The molecule has 0 spiro atoms. The molecule has 92 valence electrons. The second-order valence-electron chi connectivity index (χ2n) is 4.93. The average molecular weight is 252 g/mol. The number of nitrogens with two attached hydrogens (primary N) is 1. The molecular weight excluding hydrogens is 236 g/mol. The van der Waals surface area contributed by atoms with Crippen LogP contribution in [0.25, 0.3) is 0 Å². The summed E-state index contributed by atoms with van der Waals surface area (Å²) in [5.74, 6) is 1.24. The highest BCUT2D eigenvalue weighted by Gasteiger charge is 2.48. The SMILES string of the molecule is NCc1ccc(S(=O)(=O)N2CC3CC3C2)cc1. The van der Waals surface area contributed by atoms with Crippen molar-refractivity contribution in [3.8, 4) is 0 Å². The molecule has 5 heteroatoms. The van der Waals surface area contributed by atoms with Gasteiger partial charge in [0.15, 0.2) is 0 Å². The third-order valence-electron chi connectivity index (χ3n) is 3.74. The van der Waals surface area contributed by atoms with E-state index in [1.165, 1.54) is 6.42 Å². The van der Waals surface area contributed by atoms with E-state index in [0.29, 0.717) is 36.4 Å². The zero-order valence-corrected chi connectivity index (χ0v) is 10.4. The van der Waals surface area contributed by atoms with Crippen molar-refractivity contribution in [2.24, 2.45) is 17.6 Å². The van der Waals surface area contributed by atoms with E-state index < -0.39 is 10.0 Å². The zero-order chi connectivity index (χ0) is 12.0. The minimum Gasteiger partial charge on any atom is -0.326 e. The van der Waals surface area contributed by atoms with Crippen LogP contribution >= 0.6 is 0 Å². The summed E-state index contributed by atoms with van der Waals surface area (Å²) in [6, 6.07) is 6.87. The van der Waals surface area contributed by atoms with Crippen LogP contribution < -0.4 is 5.73 Å². The summed E-state index contributed by atoms with van der Waals surface area (Å²) in [6.07, 6.45) is 1.21. The Morgan fingerprint density at radius 2 is 1.76 bits per heavy atom. The Morgan fingerprint density at radius 3 is 2.29 bits per heavy atom. The minimum atomic E-state index is -3.27. The summed E-state index contributed by atoms with van der Waals surface area (Å²) >= 11 is 0. The van der Waals surface area contributed by atoms with Crippen LogP contribution in [-0.2, 0) is 16.6 Å². The van der Waals surface area contributed by atoms with Crippen LogP contribution in [0, 0.1) is 11.8 Å². The van der Waals surface area contributed by atoms with Gasteiger partial charge in [0.25, 0.3) is 0 Å². The smallest absolute Gasteiger partial charge is 0.243 e. The number of hydrogen-bond donors (Lipinski definition) is 1. The number of sulfonamides is 1. The molecule has 1 aromatic rings. The van der Waals surface area contributed by atoms with E-state index in [1.807, 2.05) is 0 Å². The van der Waals surface area contributed by atoms with Crippen molar-refractivity contribution in [1.29, 1.82) is 0 Å². The second-order valence-corrected chi connectivity index (χ2v) is 6.86. The van der Waals surface area contributed by atoms with Gasteiger partial charge in [-0.1, -0.05) is 12.1 Å². The second kappa shape index (κ2) is 3.80. The Balaban J connectivity index is 1.85. The van der Waals surface area contributed by atoms with Crippen molar-refractivity contribution < 1.29 is 8.42 Å². The van der Waals surface area contributed by atoms with E-state index in [-0.39, 0.29) is 0 Å². The maximum absolute atomic E-state index is 12.3. The van der Waals surface area contributed by atoms with Crippen molar-refractivity contribution in [1.82, 2.24) is 4.31 Å². The van der Waals surface area contributed by atoms with Gasteiger partial charge in [-0.15, -0.1) is 0 Å². The summed E-state index contributed by atoms with van der Waals surface area (Å²) in [7, 11) is -3.27. The highest BCUT2D eigenvalue weighted by Crippen LogP contribution is 2.46. The van der Waals surface area contributed by atoms with Crippen molar-refractivity contribution in [2.45, 2.75) is 17.9 Å².